The number of ether oxygens (including phenoxy) is 5. The molecule has 1 aromatic heterocycles. The van der Waals surface area contributed by atoms with Crippen molar-refractivity contribution in [2.45, 2.75) is 30.7 Å². The smallest absolute Gasteiger partial charge is 0.231 e. The molecule has 0 radical (unpaired) electrons. The molecule has 5 rings (SSSR count). The summed E-state index contributed by atoms with van der Waals surface area (Å²) in [5.41, 5.74) is 0.0124. The minimum atomic E-state index is -1.70. The molecule has 2 aliphatic rings. The van der Waals surface area contributed by atoms with Crippen LogP contribution in [0.5, 0.6) is 28.7 Å². The summed E-state index contributed by atoms with van der Waals surface area (Å²) in [5.74, 6) is -0.0168. The van der Waals surface area contributed by atoms with Crippen molar-refractivity contribution in [3.63, 3.8) is 0 Å². The highest BCUT2D eigenvalue weighted by molar-refractivity contribution is 5.91. The highest BCUT2D eigenvalue weighted by Crippen LogP contribution is 2.43. The van der Waals surface area contributed by atoms with Crippen LogP contribution >= 0.6 is 0 Å². The first-order chi connectivity index (χ1) is 16.8. The molecule has 35 heavy (non-hydrogen) atoms. The van der Waals surface area contributed by atoms with E-state index in [2.05, 4.69) is 0 Å². The number of aliphatic hydroxyl groups is 4. The molecule has 3 heterocycles. The molecule has 186 valence electrons. The minimum absolute atomic E-state index is 0.0580. The van der Waals surface area contributed by atoms with Crippen molar-refractivity contribution in [1.82, 2.24) is 0 Å². The van der Waals surface area contributed by atoms with Crippen molar-refractivity contribution in [3.8, 4) is 39.9 Å². The number of hydrogen-bond donors (Lipinski definition) is 5. The van der Waals surface area contributed by atoms with Gasteiger partial charge in [-0.25, -0.2) is 0 Å². The number of aromatic hydroxyl groups is 1. The average molecular weight is 490 g/mol. The highest BCUT2D eigenvalue weighted by atomic mass is 16.7. The van der Waals surface area contributed by atoms with Crippen LogP contribution < -0.4 is 24.4 Å². The van der Waals surface area contributed by atoms with Crippen LogP contribution in [0.15, 0.2) is 39.7 Å². The summed E-state index contributed by atoms with van der Waals surface area (Å²) in [6, 6.07) is 6.17. The monoisotopic (exact) mass is 490 g/mol. The fourth-order valence-corrected chi connectivity index (χ4v) is 4.06. The average Bonchev–Trinajstić information content (AvgIpc) is 3.32. The van der Waals surface area contributed by atoms with Crippen molar-refractivity contribution in [2.24, 2.45) is 0 Å². The third kappa shape index (κ3) is 3.81. The number of fused-ring (bicyclic) bond motifs is 2. The largest absolute Gasteiger partial charge is 0.504 e. The molecule has 2 aliphatic heterocycles. The molecule has 2 aromatic carbocycles. The van der Waals surface area contributed by atoms with Crippen molar-refractivity contribution < 1.29 is 53.6 Å². The van der Waals surface area contributed by atoms with E-state index in [0.717, 1.165) is 0 Å². The first kappa shape index (κ1) is 23.2. The van der Waals surface area contributed by atoms with Gasteiger partial charge in [-0.2, -0.15) is 0 Å². The number of aliphatic hydroxyl groups excluding tert-OH is 4. The molecule has 12 nitrogen and oxygen atoms in total. The fraction of sp³-hybridized carbons (Fsp3) is 0.348. The van der Waals surface area contributed by atoms with Crippen LogP contribution in [-0.2, 0) is 4.74 Å². The second kappa shape index (κ2) is 8.91. The molecule has 0 amide bonds. The van der Waals surface area contributed by atoms with Crippen LogP contribution in [-0.4, -0.2) is 76.7 Å². The van der Waals surface area contributed by atoms with Crippen LogP contribution in [0.3, 0.4) is 0 Å². The van der Waals surface area contributed by atoms with Gasteiger partial charge in [0.2, 0.25) is 24.3 Å². The standard InChI is InChI=1S/C23H22O12/c1-30-22-14(34-23-21(29)20(28)18(26)15(6-24)35-23)5-13-16(19(22)27)17(25)10(7-31-13)9-2-3-11-12(4-9)33-8-32-11/h2-5,7,15,18,20-21,23-24,26-29H,6,8H2,1H3/t15?,18-,20+,21?,23-/m1/s1. The van der Waals surface area contributed by atoms with E-state index in [4.69, 9.17) is 28.1 Å². The number of benzene rings is 2. The summed E-state index contributed by atoms with van der Waals surface area (Å²) >= 11 is 0. The Morgan fingerprint density at radius 3 is 2.57 bits per heavy atom. The predicted octanol–water partition coefficient (Wildman–Crippen LogP) is 0.0816. The molecule has 2 unspecified atom stereocenters. The number of phenols is 1. The predicted molar refractivity (Wildman–Crippen MR) is 117 cm³/mol. The molecule has 1 fully saturated rings. The Bertz CT molecular complexity index is 1320. The Morgan fingerprint density at radius 2 is 1.83 bits per heavy atom. The fourth-order valence-electron chi connectivity index (χ4n) is 4.06. The van der Waals surface area contributed by atoms with E-state index in [1.807, 2.05) is 0 Å². The summed E-state index contributed by atoms with van der Waals surface area (Å²) in [5, 5.41) is 50.3. The molecule has 0 saturated carbocycles. The molecule has 0 spiro atoms. The zero-order valence-corrected chi connectivity index (χ0v) is 18.3. The number of rotatable bonds is 5. The molecule has 3 aromatic rings. The van der Waals surface area contributed by atoms with E-state index in [1.54, 1.807) is 18.2 Å². The van der Waals surface area contributed by atoms with E-state index in [0.29, 0.717) is 17.1 Å². The number of hydrogen-bond acceptors (Lipinski definition) is 12. The quantitative estimate of drug-likeness (QED) is 0.326. The summed E-state index contributed by atoms with van der Waals surface area (Å²) < 4.78 is 32.4. The lowest BCUT2D eigenvalue weighted by molar-refractivity contribution is -0.277. The van der Waals surface area contributed by atoms with Gasteiger partial charge in [-0.05, 0) is 17.7 Å². The third-order valence-electron chi connectivity index (χ3n) is 5.94. The van der Waals surface area contributed by atoms with E-state index in [1.165, 1.54) is 19.4 Å². The topological polar surface area (TPSA) is 178 Å². The molecule has 5 N–H and O–H groups in total. The Kier molecular flexibility index (Phi) is 5.91. The highest BCUT2D eigenvalue weighted by Gasteiger charge is 2.45. The maximum atomic E-state index is 13.3. The van der Waals surface area contributed by atoms with Crippen molar-refractivity contribution in [1.29, 1.82) is 0 Å². The number of phenolic OH excluding ortho intramolecular Hbond substituents is 1. The van der Waals surface area contributed by atoms with Crippen LogP contribution in [0, 0.1) is 0 Å². The van der Waals surface area contributed by atoms with E-state index in [-0.39, 0.29) is 34.8 Å². The van der Waals surface area contributed by atoms with Gasteiger partial charge >= 0.3 is 0 Å². The van der Waals surface area contributed by atoms with Gasteiger partial charge in [-0.15, -0.1) is 0 Å². The summed E-state index contributed by atoms with van der Waals surface area (Å²) in [7, 11) is 1.23. The lowest BCUT2D eigenvalue weighted by Crippen LogP contribution is -2.60. The summed E-state index contributed by atoms with van der Waals surface area (Å²) in [6.07, 6.45) is -6.49. The van der Waals surface area contributed by atoms with Crippen LogP contribution in [0.2, 0.25) is 0 Å². The Morgan fingerprint density at radius 1 is 1.06 bits per heavy atom. The minimum Gasteiger partial charge on any atom is -0.504 e. The second-order valence-electron chi connectivity index (χ2n) is 7.99. The van der Waals surface area contributed by atoms with Crippen LogP contribution in [0.1, 0.15) is 0 Å². The van der Waals surface area contributed by atoms with Crippen molar-refractivity contribution >= 4 is 11.0 Å². The normalized spacial score (nSPS) is 25.6. The zero-order chi connectivity index (χ0) is 24.9. The second-order valence-corrected chi connectivity index (χ2v) is 7.99. The summed E-state index contributed by atoms with van der Waals surface area (Å²) in [4.78, 5) is 13.3. The first-order valence-electron chi connectivity index (χ1n) is 10.6. The van der Waals surface area contributed by atoms with Gasteiger partial charge in [-0.3, -0.25) is 4.79 Å². The Hall–Kier alpha value is -3.55. The van der Waals surface area contributed by atoms with Crippen LogP contribution in [0.4, 0.5) is 0 Å². The molecule has 0 bridgehead atoms. The van der Waals surface area contributed by atoms with Crippen molar-refractivity contribution in [3.05, 3.63) is 40.8 Å². The molecule has 5 atom stereocenters. The van der Waals surface area contributed by atoms with Gasteiger partial charge in [0.05, 0.1) is 19.3 Å². The molecule has 0 aliphatic carbocycles. The van der Waals surface area contributed by atoms with Gasteiger partial charge in [0, 0.05) is 6.07 Å². The van der Waals surface area contributed by atoms with Crippen LogP contribution in [0.25, 0.3) is 22.1 Å². The third-order valence-corrected chi connectivity index (χ3v) is 5.94. The van der Waals surface area contributed by atoms with E-state index >= 15 is 0 Å². The van der Waals surface area contributed by atoms with E-state index in [9.17, 15) is 30.3 Å². The maximum absolute atomic E-state index is 13.3. The van der Waals surface area contributed by atoms with Gasteiger partial charge in [0.1, 0.15) is 41.6 Å². The zero-order valence-electron chi connectivity index (χ0n) is 18.3. The van der Waals surface area contributed by atoms with Crippen molar-refractivity contribution in [2.75, 3.05) is 20.5 Å². The SMILES string of the molecule is COc1c(O[C@@H]2OC(CO)[C@@H](O)[C@H](O)C2O)cc2occ(-c3ccc4c(c3)OCO4)c(=O)c2c1O. The molecular weight excluding hydrogens is 468 g/mol. The first-order valence-corrected chi connectivity index (χ1v) is 10.6. The van der Waals surface area contributed by atoms with E-state index < -0.39 is 48.5 Å². The maximum Gasteiger partial charge on any atom is 0.231 e. The Balaban J connectivity index is 1.55. The molecular formula is C23H22O12. The Labute approximate surface area is 197 Å². The molecule has 12 heteroatoms. The lowest BCUT2D eigenvalue weighted by atomic mass is 9.99. The molecule has 1 saturated heterocycles. The van der Waals surface area contributed by atoms with Gasteiger partial charge in [-0.1, -0.05) is 6.07 Å². The number of methoxy groups -OCH3 is 1. The summed E-state index contributed by atoms with van der Waals surface area (Å²) in [6.45, 7) is -0.581. The lowest BCUT2D eigenvalue weighted by Gasteiger charge is -2.39. The van der Waals surface area contributed by atoms with Gasteiger partial charge in [0.15, 0.2) is 23.0 Å². The van der Waals surface area contributed by atoms with Gasteiger partial charge in [0.25, 0.3) is 0 Å². The van der Waals surface area contributed by atoms with Gasteiger partial charge < -0.3 is 53.6 Å².